The Morgan fingerprint density at radius 1 is 1.44 bits per heavy atom. The van der Waals surface area contributed by atoms with Gasteiger partial charge in [0.2, 0.25) is 10.0 Å². The summed E-state index contributed by atoms with van der Waals surface area (Å²) < 4.78 is 27.6. The van der Waals surface area contributed by atoms with Gasteiger partial charge in [-0.25, -0.2) is 13.6 Å². The van der Waals surface area contributed by atoms with Gasteiger partial charge in [-0.15, -0.1) is 0 Å². The third kappa shape index (κ3) is 3.19. The van der Waals surface area contributed by atoms with E-state index < -0.39 is 10.0 Å². The van der Waals surface area contributed by atoms with Crippen molar-refractivity contribution in [3.63, 3.8) is 0 Å². The molecule has 4 N–H and O–H groups in total. The van der Waals surface area contributed by atoms with Gasteiger partial charge >= 0.3 is 0 Å². The lowest BCUT2D eigenvalue weighted by molar-refractivity contribution is 0.402. The minimum absolute atomic E-state index is 0.00634. The lowest BCUT2D eigenvalue weighted by Crippen LogP contribution is -2.19. The van der Waals surface area contributed by atoms with Gasteiger partial charge in [-0.3, -0.25) is 0 Å². The molecule has 0 radical (unpaired) electrons. The topological polar surface area (TPSA) is 95.4 Å². The van der Waals surface area contributed by atoms with Gasteiger partial charge in [0, 0.05) is 6.04 Å². The summed E-state index contributed by atoms with van der Waals surface area (Å²) in [5.74, 6) is 0.246. The predicted octanol–water partition coefficient (Wildman–Crippen LogP) is 0.232. The Bertz CT molecular complexity index is 469. The molecule has 1 rings (SSSR count). The number of hydrogen-bond donors (Lipinski definition) is 2. The van der Waals surface area contributed by atoms with E-state index in [1.165, 1.54) is 13.2 Å². The molecule has 0 heterocycles. The van der Waals surface area contributed by atoms with Crippen molar-refractivity contribution >= 4 is 10.0 Å². The Hall–Kier alpha value is -1.11. The van der Waals surface area contributed by atoms with Gasteiger partial charge in [0.05, 0.1) is 7.11 Å². The van der Waals surface area contributed by atoms with E-state index in [0.717, 1.165) is 5.56 Å². The molecule has 0 amide bonds. The monoisotopic (exact) mass is 244 g/mol. The fourth-order valence-electron chi connectivity index (χ4n) is 1.44. The molecule has 0 saturated heterocycles. The zero-order valence-corrected chi connectivity index (χ0v) is 10.1. The first kappa shape index (κ1) is 13.0. The second-order valence-corrected chi connectivity index (χ2v) is 5.24. The Balaban J connectivity index is 3.22. The molecule has 90 valence electrons. The number of nitrogens with two attached hydrogens (primary N) is 2. The molecule has 0 spiro atoms. The van der Waals surface area contributed by atoms with Crippen LogP contribution < -0.4 is 15.6 Å². The van der Waals surface area contributed by atoms with Crippen molar-refractivity contribution in [2.75, 3.05) is 7.11 Å². The van der Waals surface area contributed by atoms with Crippen LogP contribution >= 0.6 is 0 Å². The van der Waals surface area contributed by atoms with Crippen LogP contribution in [0.4, 0.5) is 0 Å². The Kier molecular flexibility index (Phi) is 3.90. The molecule has 0 saturated carbocycles. The first-order chi connectivity index (χ1) is 7.34. The lowest BCUT2D eigenvalue weighted by atomic mass is 10.1. The molecule has 1 atom stereocenters. The first-order valence-corrected chi connectivity index (χ1v) is 6.34. The number of benzene rings is 1. The predicted molar refractivity (Wildman–Crippen MR) is 61.7 cm³/mol. The molecular weight excluding hydrogens is 228 g/mol. The summed E-state index contributed by atoms with van der Waals surface area (Å²) in [7, 11) is -2.37. The first-order valence-electron chi connectivity index (χ1n) is 4.80. The molecule has 0 aliphatic heterocycles. The maximum atomic E-state index is 11.3. The molecule has 6 heteroatoms. The molecule has 1 aromatic carbocycles. The van der Waals surface area contributed by atoms with E-state index >= 15 is 0 Å². The van der Waals surface area contributed by atoms with Crippen LogP contribution in [0, 0.1) is 0 Å². The zero-order chi connectivity index (χ0) is 12.3. The Morgan fingerprint density at radius 3 is 2.50 bits per heavy atom. The number of sulfonamides is 1. The highest BCUT2D eigenvalue weighted by Gasteiger charge is 2.15. The van der Waals surface area contributed by atoms with E-state index in [0.29, 0.717) is 6.42 Å². The Morgan fingerprint density at radius 2 is 2.06 bits per heavy atom. The lowest BCUT2D eigenvalue weighted by Gasteiger charge is -2.10. The van der Waals surface area contributed by atoms with Crippen LogP contribution in [0.25, 0.3) is 0 Å². The largest absolute Gasteiger partial charge is 0.495 e. The molecule has 0 aliphatic carbocycles. The second-order valence-electron chi connectivity index (χ2n) is 3.71. The summed E-state index contributed by atoms with van der Waals surface area (Å²) in [4.78, 5) is -0.00634. The fraction of sp³-hybridized carbons (Fsp3) is 0.400. The van der Waals surface area contributed by atoms with Crippen LogP contribution in [0.3, 0.4) is 0 Å². The van der Waals surface area contributed by atoms with Crippen molar-refractivity contribution in [1.82, 2.24) is 0 Å². The van der Waals surface area contributed by atoms with Crippen molar-refractivity contribution in [3.8, 4) is 5.75 Å². The van der Waals surface area contributed by atoms with Gasteiger partial charge in [-0.05, 0) is 31.0 Å². The van der Waals surface area contributed by atoms with Crippen molar-refractivity contribution in [3.05, 3.63) is 23.8 Å². The molecule has 0 aromatic heterocycles. The summed E-state index contributed by atoms with van der Waals surface area (Å²) in [6.45, 7) is 1.85. The minimum Gasteiger partial charge on any atom is -0.495 e. The SMILES string of the molecule is COc1ccc(C[C@@H](C)N)cc1S(N)(=O)=O. The van der Waals surface area contributed by atoms with Gasteiger partial charge in [0.1, 0.15) is 10.6 Å². The Labute approximate surface area is 95.4 Å². The van der Waals surface area contributed by atoms with E-state index in [-0.39, 0.29) is 16.7 Å². The standard InChI is InChI=1S/C10H16N2O3S/c1-7(11)5-8-3-4-9(15-2)10(6-8)16(12,13)14/h3-4,6-7H,5,11H2,1-2H3,(H2,12,13,14)/t7-/m1/s1. The summed E-state index contributed by atoms with van der Waals surface area (Å²) >= 11 is 0. The molecule has 0 fully saturated rings. The molecule has 5 nitrogen and oxygen atoms in total. The third-order valence-electron chi connectivity index (χ3n) is 2.09. The normalized spacial score (nSPS) is 13.5. The second kappa shape index (κ2) is 4.82. The molecule has 1 aromatic rings. The molecule has 0 aliphatic rings. The summed E-state index contributed by atoms with van der Waals surface area (Å²) in [6, 6.07) is 4.81. The van der Waals surface area contributed by atoms with Crippen molar-refractivity contribution in [2.45, 2.75) is 24.3 Å². The number of rotatable bonds is 4. The number of ether oxygens (including phenoxy) is 1. The molecule has 16 heavy (non-hydrogen) atoms. The van der Waals surface area contributed by atoms with Crippen LogP contribution in [0.1, 0.15) is 12.5 Å². The maximum absolute atomic E-state index is 11.3. The highest BCUT2D eigenvalue weighted by molar-refractivity contribution is 7.89. The van der Waals surface area contributed by atoms with Gasteiger partial charge in [-0.2, -0.15) is 0 Å². The van der Waals surface area contributed by atoms with Gasteiger partial charge in [0.15, 0.2) is 0 Å². The summed E-state index contributed by atoms with van der Waals surface area (Å²) in [6.07, 6.45) is 0.590. The maximum Gasteiger partial charge on any atom is 0.241 e. The van der Waals surface area contributed by atoms with E-state index in [9.17, 15) is 8.42 Å². The van der Waals surface area contributed by atoms with Crippen LogP contribution in [-0.2, 0) is 16.4 Å². The van der Waals surface area contributed by atoms with E-state index in [2.05, 4.69) is 0 Å². The van der Waals surface area contributed by atoms with Gasteiger partial charge in [0.25, 0.3) is 0 Å². The van der Waals surface area contributed by atoms with Crippen LogP contribution in [0.5, 0.6) is 5.75 Å². The smallest absolute Gasteiger partial charge is 0.241 e. The zero-order valence-electron chi connectivity index (χ0n) is 9.30. The number of primary sulfonamides is 1. The van der Waals surface area contributed by atoms with Crippen molar-refractivity contribution in [2.24, 2.45) is 10.9 Å². The van der Waals surface area contributed by atoms with Gasteiger partial charge in [-0.1, -0.05) is 6.07 Å². The van der Waals surface area contributed by atoms with Crippen LogP contribution in [0.15, 0.2) is 23.1 Å². The average molecular weight is 244 g/mol. The van der Waals surface area contributed by atoms with Crippen LogP contribution in [0.2, 0.25) is 0 Å². The average Bonchev–Trinajstić information content (AvgIpc) is 2.15. The summed E-state index contributed by atoms with van der Waals surface area (Å²) in [5.41, 5.74) is 6.46. The highest BCUT2D eigenvalue weighted by atomic mass is 32.2. The number of methoxy groups -OCH3 is 1. The molecule has 0 unspecified atom stereocenters. The van der Waals surface area contributed by atoms with Crippen molar-refractivity contribution in [1.29, 1.82) is 0 Å². The van der Waals surface area contributed by atoms with E-state index in [1.54, 1.807) is 12.1 Å². The van der Waals surface area contributed by atoms with Crippen LogP contribution in [-0.4, -0.2) is 21.6 Å². The third-order valence-corrected chi connectivity index (χ3v) is 3.02. The quantitative estimate of drug-likeness (QED) is 0.792. The summed E-state index contributed by atoms with van der Waals surface area (Å²) in [5, 5.41) is 5.09. The minimum atomic E-state index is -3.77. The van der Waals surface area contributed by atoms with Crippen molar-refractivity contribution < 1.29 is 13.2 Å². The van der Waals surface area contributed by atoms with E-state index in [1.807, 2.05) is 6.92 Å². The molecule has 0 bridgehead atoms. The fourth-order valence-corrected chi connectivity index (χ4v) is 2.19. The number of hydrogen-bond acceptors (Lipinski definition) is 4. The van der Waals surface area contributed by atoms with E-state index in [4.69, 9.17) is 15.6 Å². The molecular formula is C10H16N2O3S. The van der Waals surface area contributed by atoms with Gasteiger partial charge < -0.3 is 10.5 Å². The highest BCUT2D eigenvalue weighted by Crippen LogP contribution is 2.24.